The Balaban J connectivity index is 0.884. The quantitative estimate of drug-likeness (QED) is 0.120. The van der Waals surface area contributed by atoms with E-state index in [2.05, 4.69) is 35.3 Å². The molecule has 382 valence electrons. The molecule has 6 aromatic rings. The van der Waals surface area contributed by atoms with Gasteiger partial charge in [-0.2, -0.15) is 5.10 Å². The number of likely N-dealkylation sites (tertiary alicyclic amines) is 1. The van der Waals surface area contributed by atoms with Gasteiger partial charge in [-0.05, 0) is 78.5 Å². The Morgan fingerprint density at radius 1 is 0.959 bits per heavy atom. The third-order valence-electron chi connectivity index (χ3n) is 14.5. The molecule has 0 aliphatic carbocycles. The number of aryl methyl sites for hydroxylation is 2. The standard InChI is InChI=1S/C53H59F2N11O6S/c1-29-45(73-28-59-29)32-10-8-31(9-11-32)23-58-50(69)44-21-36(68)26-65(44)52(71)46(53(3,4)5)61-51(70)48-57-25-41-40(60-48)20-34(24-56-41)37-19-33-7-6-15-64(43(33)22-38(37)47(54)55)49-39-27-63(30(2)67)16-12-42(39)66(62-49)35-13-17-72-18-14-35/h8-11,19-20,22,24-25,28,35-36,44,46-47,68H,6-7,12-18,21,23,26-27H2,1-5H3,(H,58,69)(H,61,70)/t36-,44+,46-/m1/s1. The van der Waals surface area contributed by atoms with Crippen LogP contribution in [0.3, 0.4) is 0 Å². The van der Waals surface area contributed by atoms with Gasteiger partial charge in [-0.15, -0.1) is 11.3 Å². The number of hydrogen-bond acceptors (Lipinski definition) is 13. The van der Waals surface area contributed by atoms with E-state index in [1.807, 2.05) is 36.1 Å². The number of aromatic nitrogens is 6. The maximum Gasteiger partial charge on any atom is 0.289 e. The lowest BCUT2D eigenvalue weighted by Gasteiger charge is -2.35. The normalized spacial score (nSPS) is 18.7. The van der Waals surface area contributed by atoms with Crippen LogP contribution in [0.15, 0.2) is 60.4 Å². The molecule has 2 fully saturated rings. The van der Waals surface area contributed by atoms with Crippen molar-refractivity contribution in [3.8, 4) is 21.6 Å². The summed E-state index contributed by atoms with van der Waals surface area (Å²) in [5, 5.41) is 21.7. The number of thiazole rings is 1. The lowest BCUT2D eigenvalue weighted by atomic mass is 9.85. The van der Waals surface area contributed by atoms with E-state index in [1.165, 1.54) is 17.3 Å². The minimum Gasteiger partial charge on any atom is -0.391 e. The second kappa shape index (κ2) is 20.3. The molecule has 2 aromatic carbocycles. The van der Waals surface area contributed by atoms with E-state index in [9.17, 15) is 24.3 Å². The third-order valence-corrected chi connectivity index (χ3v) is 15.5. The summed E-state index contributed by atoms with van der Waals surface area (Å²) in [7, 11) is 0. The summed E-state index contributed by atoms with van der Waals surface area (Å²) in [5.74, 6) is -1.37. The molecule has 4 aliphatic heterocycles. The van der Waals surface area contributed by atoms with Gasteiger partial charge in [0.05, 0.1) is 46.5 Å². The smallest absolute Gasteiger partial charge is 0.289 e. The van der Waals surface area contributed by atoms with Crippen LogP contribution in [0.4, 0.5) is 20.3 Å². The van der Waals surface area contributed by atoms with Crippen LogP contribution in [0.5, 0.6) is 0 Å². The van der Waals surface area contributed by atoms with Crippen LogP contribution in [0.2, 0.25) is 0 Å². The Labute approximate surface area is 425 Å². The first-order valence-electron chi connectivity index (χ1n) is 24.9. The van der Waals surface area contributed by atoms with Gasteiger partial charge in [-0.25, -0.2) is 23.7 Å². The van der Waals surface area contributed by atoms with Gasteiger partial charge in [0.1, 0.15) is 17.6 Å². The van der Waals surface area contributed by atoms with Crippen LogP contribution < -0.4 is 15.5 Å². The predicted octanol–water partition coefficient (Wildman–Crippen LogP) is 7.02. The molecule has 0 unspecified atom stereocenters. The molecule has 4 aromatic heterocycles. The molecular formula is C53H59F2N11O6S. The van der Waals surface area contributed by atoms with Crippen molar-refractivity contribution in [1.82, 2.24) is 50.1 Å². The number of hydrogen-bond donors (Lipinski definition) is 3. The highest BCUT2D eigenvalue weighted by molar-refractivity contribution is 7.13. The number of β-amino-alcohol motifs (C(OH)–C–C–N with tert-alkyl or cyclic N) is 1. The van der Waals surface area contributed by atoms with Gasteiger partial charge in [0, 0.05) is 93.4 Å². The number of rotatable bonds is 11. The molecule has 17 nitrogen and oxygen atoms in total. The number of benzene rings is 2. The average molecular weight is 1020 g/mol. The molecule has 0 saturated carbocycles. The molecule has 4 aliphatic rings. The van der Waals surface area contributed by atoms with Gasteiger partial charge in [-0.3, -0.25) is 28.8 Å². The lowest BCUT2D eigenvalue weighted by Crippen LogP contribution is -2.57. The first-order chi connectivity index (χ1) is 35.0. The van der Waals surface area contributed by atoms with Crippen LogP contribution in [-0.4, -0.2) is 119 Å². The molecule has 3 N–H and O–H groups in total. The first kappa shape index (κ1) is 49.8. The summed E-state index contributed by atoms with van der Waals surface area (Å²) in [4.78, 5) is 78.7. The summed E-state index contributed by atoms with van der Waals surface area (Å²) < 4.78 is 38.5. The van der Waals surface area contributed by atoms with E-state index < -0.39 is 47.7 Å². The lowest BCUT2D eigenvalue weighted by molar-refractivity contribution is -0.142. The van der Waals surface area contributed by atoms with Crippen molar-refractivity contribution in [1.29, 1.82) is 0 Å². The number of nitrogens with one attached hydrogen (secondary N) is 2. The van der Waals surface area contributed by atoms with E-state index in [0.29, 0.717) is 68.3 Å². The largest absolute Gasteiger partial charge is 0.391 e. The summed E-state index contributed by atoms with van der Waals surface area (Å²) in [6.45, 7) is 11.7. The number of fused-ring (bicyclic) bond motifs is 3. The number of aliphatic hydroxyl groups is 1. The van der Waals surface area contributed by atoms with Crippen LogP contribution in [-0.2, 0) is 45.1 Å². The SMILES string of the molecule is CC(=O)N1CCc2c(c(N3CCCc4cc(-c5cnc6cnc(C(=O)N[C@H](C(=O)N7C[C@H](O)C[C@H]7C(=O)NCc7ccc(-c8scnc8C)cc7)C(C)(C)C)nc6c5)c(C(F)F)cc43)nn2C2CCOCC2)C1. The van der Waals surface area contributed by atoms with Crippen molar-refractivity contribution in [3.05, 3.63) is 99.8 Å². The van der Waals surface area contributed by atoms with Crippen molar-refractivity contribution in [2.24, 2.45) is 5.41 Å². The number of alkyl halides is 2. The maximum absolute atomic E-state index is 15.4. The molecular weight excluding hydrogens is 957 g/mol. The van der Waals surface area contributed by atoms with Gasteiger partial charge in [0.2, 0.25) is 23.5 Å². The molecule has 8 heterocycles. The highest BCUT2D eigenvalue weighted by Crippen LogP contribution is 2.44. The molecule has 73 heavy (non-hydrogen) atoms. The second-order valence-corrected chi connectivity index (χ2v) is 21.4. The Hall–Kier alpha value is -6.77. The fraction of sp³-hybridized carbons (Fsp3) is 0.453. The van der Waals surface area contributed by atoms with Gasteiger partial charge in [0.25, 0.3) is 12.3 Å². The number of aliphatic hydroxyl groups excluding tert-OH is 1. The van der Waals surface area contributed by atoms with Gasteiger partial charge < -0.3 is 35.2 Å². The number of nitrogens with zero attached hydrogens (tertiary/aromatic N) is 9. The zero-order valence-electron chi connectivity index (χ0n) is 41.5. The Bertz CT molecular complexity index is 3100. The molecule has 3 atom stereocenters. The molecule has 2 saturated heterocycles. The van der Waals surface area contributed by atoms with Crippen LogP contribution in [0.25, 0.3) is 32.6 Å². The highest BCUT2D eigenvalue weighted by atomic mass is 32.1. The molecule has 0 radical (unpaired) electrons. The average Bonchev–Trinajstić information content (AvgIpc) is 4.12. The minimum atomic E-state index is -2.86. The number of ether oxygens (including phenoxy) is 1. The second-order valence-electron chi connectivity index (χ2n) is 20.5. The maximum atomic E-state index is 15.4. The molecule has 20 heteroatoms. The van der Waals surface area contributed by atoms with Crippen molar-refractivity contribution in [2.45, 2.75) is 117 Å². The van der Waals surface area contributed by atoms with Crippen LogP contribution in [0.1, 0.15) is 110 Å². The van der Waals surface area contributed by atoms with Crippen molar-refractivity contribution in [2.75, 3.05) is 37.7 Å². The Kier molecular flexibility index (Phi) is 13.8. The van der Waals surface area contributed by atoms with E-state index in [-0.39, 0.29) is 53.9 Å². The number of halogens is 2. The Morgan fingerprint density at radius 3 is 2.45 bits per heavy atom. The van der Waals surface area contributed by atoms with Crippen LogP contribution >= 0.6 is 11.3 Å². The van der Waals surface area contributed by atoms with E-state index in [1.54, 1.807) is 67.6 Å². The number of carbonyl (C=O) groups excluding carboxylic acids is 4. The molecule has 0 bridgehead atoms. The van der Waals surface area contributed by atoms with E-state index in [4.69, 9.17) is 9.84 Å². The number of pyridine rings is 1. The number of amides is 4. The van der Waals surface area contributed by atoms with E-state index in [0.717, 1.165) is 57.8 Å². The fourth-order valence-electron chi connectivity index (χ4n) is 10.6. The predicted molar refractivity (Wildman–Crippen MR) is 270 cm³/mol. The van der Waals surface area contributed by atoms with Crippen LogP contribution in [0, 0.1) is 12.3 Å². The molecule has 4 amide bonds. The zero-order chi connectivity index (χ0) is 51.3. The van der Waals surface area contributed by atoms with E-state index >= 15 is 8.78 Å². The summed E-state index contributed by atoms with van der Waals surface area (Å²) in [6.07, 6.45) is 2.72. The van der Waals surface area contributed by atoms with Crippen molar-refractivity contribution < 1.29 is 37.8 Å². The first-order valence-corrected chi connectivity index (χ1v) is 25.8. The summed E-state index contributed by atoms with van der Waals surface area (Å²) in [5.41, 5.74) is 8.25. The monoisotopic (exact) mass is 1020 g/mol. The summed E-state index contributed by atoms with van der Waals surface area (Å²) in [6, 6.07) is 10.7. The fourth-order valence-corrected chi connectivity index (χ4v) is 11.4. The molecule has 10 rings (SSSR count). The van der Waals surface area contributed by atoms with Gasteiger partial charge >= 0.3 is 0 Å². The van der Waals surface area contributed by atoms with Crippen molar-refractivity contribution >= 4 is 57.5 Å². The number of carbonyl (C=O) groups is 4. The minimum absolute atomic E-state index is 0.0238. The topological polar surface area (TPSA) is 201 Å². The van der Waals surface area contributed by atoms with Gasteiger partial charge in [0.15, 0.2) is 5.82 Å². The van der Waals surface area contributed by atoms with Gasteiger partial charge in [-0.1, -0.05) is 45.0 Å². The Morgan fingerprint density at radius 2 is 1.74 bits per heavy atom. The molecule has 0 spiro atoms. The summed E-state index contributed by atoms with van der Waals surface area (Å²) >= 11 is 1.55. The third kappa shape index (κ3) is 10.0. The van der Waals surface area contributed by atoms with Crippen molar-refractivity contribution in [3.63, 3.8) is 0 Å². The number of anilines is 2. The highest BCUT2D eigenvalue weighted by Gasteiger charge is 2.45. The zero-order valence-corrected chi connectivity index (χ0v) is 42.3.